The number of amides is 1. The van der Waals surface area contributed by atoms with Gasteiger partial charge in [-0.05, 0) is 36.1 Å². The van der Waals surface area contributed by atoms with E-state index in [1.165, 1.54) is 5.56 Å². The zero-order chi connectivity index (χ0) is 14.5. The number of nitrogens with zero attached hydrogens (tertiary/aromatic N) is 1. The van der Waals surface area contributed by atoms with E-state index in [1.807, 2.05) is 17.0 Å². The zero-order valence-electron chi connectivity index (χ0n) is 11.9. The lowest BCUT2D eigenvalue weighted by Crippen LogP contribution is -2.33. The van der Waals surface area contributed by atoms with Gasteiger partial charge in [-0.15, -0.1) is 0 Å². The number of rotatable bonds is 5. The number of methoxy groups -OCH3 is 2. The van der Waals surface area contributed by atoms with Crippen LogP contribution in [0.1, 0.15) is 17.5 Å². The third kappa shape index (κ3) is 3.37. The van der Waals surface area contributed by atoms with Crippen molar-refractivity contribution in [2.75, 3.05) is 31.7 Å². The highest BCUT2D eigenvalue weighted by molar-refractivity contribution is 14.1. The van der Waals surface area contributed by atoms with Gasteiger partial charge in [0.15, 0.2) is 11.5 Å². The first-order valence-corrected chi connectivity index (χ1v) is 8.29. The molecule has 0 N–H and O–H groups in total. The first-order chi connectivity index (χ1) is 9.69. The summed E-state index contributed by atoms with van der Waals surface area (Å²) in [7, 11) is 3.26. The lowest BCUT2D eigenvalue weighted by atomic mass is 10.0. The molecule has 0 aliphatic carbocycles. The molecule has 0 spiro atoms. The summed E-state index contributed by atoms with van der Waals surface area (Å²) < 4.78 is 11.7. The second-order valence-electron chi connectivity index (χ2n) is 4.83. The summed E-state index contributed by atoms with van der Waals surface area (Å²) in [6.45, 7) is 1.64. The number of benzene rings is 1. The van der Waals surface area contributed by atoms with Gasteiger partial charge in [0, 0.05) is 17.5 Å². The molecule has 0 unspecified atom stereocenters. The first kappa shape index (κ1) is 15.4. The molecule has 1 amide bonds. The molecule has 1 aromatic carbocycles. The summed E-state index contributed by atoms with van der Waals surface area (Å²) in [5.41, 5.74) is 2.25. The van der Waals surface area contributed by atoms with Gasteiger partial charge in [-0.2, -0.15) is 0 Å². The van der Waals surface area contributed by atoms with Gasteiger partial charge >= 0.3 is 0 Å². The van der Waals surface area contributed by atoms with Gasteiger partial charge in [0.2, 0.25) is 5.91 Å². The van der Waals surface area contributed by atoms with Crippen LogP contribution in [0.4, 0.5) is 0 Å². The van der Waals surface area contributed by atoms with E-state index in [2.05, 4.69) is 22.6 Å². The van der Waals surface area contributed by atoms with Gasteiger partial charge in [0.25, 0.3) is 0 Å². The Labute approximate surface area is 133 Å². The fourth-order valence-electron chi connectivity index (χ4n) is 2.50. The molecule has 20 heavy (non-hydrogen) atoms. The molecule has 0 saturated carbocycles. The minimum atomic E-state index is 0.209. The zero-order valence-corrected chi connectivity index (χ0v) is 14.1. The molecule has 1 heterocycles. The highest BCUT2D eigenvalue weighted by atomic mass is 127. The molecular weight excluding hydrogens is 369 g/mol. The Morgan fingerprint density at radius 3 is 2.45 bits per heavy atom. The van der Waals surface area contributed by atoms with Crippen LogP contribution in [0.2, 0.25) is 0 Å². The molecule has 0 saturated heterocycles. The van der Waals surface area contributed by atoms with Crippen LogP contribution in [0.5, 0.6) is 11.5 Å². The molecule has 110 valence electrons. The molecule has 2 rings (SSSR count). The number of carbonyl (C=O) groups is 1. The number of ether oxygens (including phenoxy) is 2. The Morgan fingerprint density at radius 1 is 1.20 bits per heavy atom. The van der Waals surface area contributed by atoms with Crippen LogP contribution in [-0.4, -0.2) is 42.5 Å². The summed E-state index contributed by atoms with van der Waals surface area (Å²) in [5.74, 6) is 1.64. The molecule has 1 aromatic rings. The predicted molar refractivity (Wildman–Crippen MR) is 87.0 cm³/mol. The average Bonchev–Trinajstić information content (AvgIpc) is 2.61. The van der Waals surface area contributed by atoms with Crippen molar-refractivity contribution in [1.82, 2.24) is 4.90 Å². The predicted octanol–water partition coefficient (Wildman–Crippen LogP) is 2.46. The van der Waals surface area contributed by atoms with Crippen molar-refractivity contribution in [3.05, 3.63) is 23.3 Å². The second-order valence-corrected chi connectivity index (χ2v) is 5.90. The Bertz CT molecular complexity index is 490. The van der Waals surface area contributed by atoms with E-state index in [4.69, 9.17) is 9.47 Å². The Morgan fingerprint density at radius 2 is 1.85 bits per heavy atom. The molecule has 4 nitrogen and oxygen atoms in total. The van der Waals surface area contributed by atoms with Gasteiger partial charge in [-0.3, -0.25) is 4.79 Å². The summed E-state index contributed by atoms with van der Waals surface area (Å²) in [5, 5.41) is 0. The highest BCUT2D eigenvalue weighted by Gasteiger charge is 2.22. The maximum atomic E-state index is 12.3. The minimum absolute atomic E-state index is 0.209. The molecular formula is C15H20INO3. The maximum absolute atomic E-state index is 12.3. The molecule has 1 aliphatic rings. The highest BCUT2D eigenvalue weighted by Crippen LogP contribution is 2.32. The summed E-state index contributed by atoms with van der Waals surface area (Å²) >= 11 is 2.35. The SMILES string of the molecule is COc1cc2c(cc1OC)CC(=O)N(CCCI)CC2. The lowest BCUT2D eigenvalue weighted by molar-refractivity contribution is -0.130. The monoisotopic (exact) mass is 389 g/mol. The number of halogens is 1. The molecule has 0 radical (unpaired) electrons. The molecule has 0 aromatic heterocycles. The lowest BCUT2D eigenvalue weighted by Gasteiger charge is -2.19. The summed E-state index contributed by atoms with van der Waals surface area (Å²) in [4.78, 5) is 14.3. The normalized spacial score (nSPS) is 14.8. The van der Waals surface area contributed by atoms with Gasteiger partial charge in [0.1, 0.15) is 0 Å². The molecule has 0 fully saturated rings. The van der Waals surface area contributed by atoms with E-state index in [-0.39, 0.29) is 5.91 Å². The maximum Gasteiger partial charge on any atom is 0.227 e. The van der Waals surface area contributed by atoms with Crippen LogP contribution in [0, 0.1) is 0 Å². The van der Waals surface area contributed by atoms with Gasteiger partial charge in [-0.25, -0.2) is 0 Å². The standard InChI is InChI=1S/C15H20INO3/c1-19-13-8-11-4-7-17(6-3-5-16)15(18)10-12(11)9-14(13)20-2/h8-9H,3-7,10H2,1-2H3. The van der Waals surface area contributed by atoms with E-state index in [1.54, 1.807) is 14.2 Å². The van der Waals surface area contributed by atoms with E-state index in [0.29, 0.717) is 12.2 Å². The summed E-state index contributed by atoms with van der Waals surface area (Å²) in [6, 6.07) is 3.94. The van der Waals surface area contributed by atoms with Crippen LogP contribution in [0.15, 0.2) is 12.1 Å². The van der Waals surface area contributed by atoms with Crippen LogP contribution < -0.4 is 9.47 Å². The van der Waals surface area contributed by atoms with E-state index < -0.39 is 0 Å². The second kappa shape index (κ2) is 7.15. The smallest absolute Gasteiger partial charge is 0.227 e. The number of alkyl halides is 1. The molecule has 1 aliphatic heterocycles. The van der Waals surface area contributed by atoms with Crippen molar-refractivity contribution in [1.29, 1.82) is 0 Å². The molecule has 0 bridgehead atoms. The average molecular weight is 389 g/mol. The van der Waals surface area contributed by atoms with E-state index in [9.17, 15) is 4.79 Å². The van der Waals surface area contributed by atoms with Crippen LogP contribution >= 0.6 is 22.6 Å². The van der Waals surface area contributed by atoms with Crippen LogP contribution in [0.25, 0.3) is 0 Å². The van der Waals surface area contributed by atoms with E-state index in [0.717, 1.165) is 41.7 Å². The minimum Gasteiger partial charge on any atom is -0.493 e. The van der Waals surface area contributed by atoms with Crippen LogP contribution in [-0.2, 0) is 17.6 Å². The third-order valence-electron chi connectivity index (χ3n) is 3.61. The van der Waals surface area contributed by atoms with Gasteiger partial charge < -0.3 is 14.4 Å². The van der Waals surface area contributed by atoms with Crippen molar-refractivity contribution >= 4 is 28.5 Å². The molecule has 5 heteroatoms. The van der Waals surface area contributed by atoms with Crippen molar-refractivity contribution < 1.29 is 14.3 Å². The fourth-order valence-corrected chi connectivity index (χ4v) is 2.84. The fraction of sp³-hybridized carbons (Fsp3) is 0.533. The van der Waals surface area contributed by atoms with Crippen molar-refractivity contribution in [3.8, 4) is 11.5 Å². The number of fused-ring (bicyclic) bond motifs is 1. The largest absolute Gasteiger partial charge is 0.493 e. The van der Waals surface area contributed by atoms with Crippen molar-refractivity contribution in [2.24, 2.45) is 0 Å². The van der Waals surface area contributed by atoms with Gasteiger partial charge in [-0.1, -0.05) is 22.6 Å². The number of hydrogen-bond acceptors (Lipinski definition) is 3. The number of hydrogen-bond donors (Lipinski definition) is 0. The van der Waals surface area contributed by atoms with Gasteiger partial charge in [0.05, 0.1) is 20.6 Å². The van der Waals surface area contributed by atoms with Crippen LogP contribution in [0.3, 0.4) is 0 Å². The Balaban J connectivity index is 2.24. The van der Waals surface area contributed by atoms with E-state index >= 15 is 0 Å². The third-order valence-corrected chi connectivity index (χ3v) is 4.38. The topological polar surface area (TPSA) is 38.8 Å². The molecule has 0 atom stereocenters. The first-order valence-electron chi connectivity index (χ1n) is 6.77. The summed E-state index contributed by atoms with van der Waals surface area (Å²) in [6.07, 6.45) is 2.38. The van der Waals surface area contributed by atoms with Crippen molar-refractivity contribution in [2.45, 2.75) is 19.3 Å². The Kier molecular flexibility index (Phi) is 5.51. The van der Waals surface area contributed by atoms with Crippen molar-refractivity contribution in [3.63, 3.8) is 0 Å². The quantitative estimate of drug-likeness (QED) is 0.574. The number of carbonyl (C=O) groups excluding carboxylic acids is 1. The Hall–Kier alpha value is -0.980.